The first-order valence-corrected chi connectivity index (χ1v) is 8.32. The van der Waals surface area contributed by atoms with Crippen molar-refractivity contribution in [2.45, 2.75) is 0 Å². The van der Waals surface area contributed by atoms with E-state index in [-0.39, 0.29) is 0 Å². The molecule has 0 spiro atoms. The average molecular weight is 321 g/mol. The topological polar surface area (TPSA) is 26.0 Å². The van der Waals surface area contributed by atoms with E-state index in [9.17, 15) is 0 Å². The second-order valence-corrected chi connectivity index (χ2v) is 6.08. The number of hydrogen-bond acceptors (Lipinski definition) is 2. The smallest absolute Gasteiger partial charge is 0.144 e. The number of rotatable bonds is 2. The Balaban J connectivity index is 1.77. The number of fused-ring (bicyclic) bond motifs is 3. The van der Waals surface area contributed by atoms with Gasteiger partial charge >= 0.3 is 0 Å². The minimum Gasteiger partial charge on any atom is -0.455 e. The fraction of sp³-hybridized carbons (Fsp3) is 0. The summed E-state index contributed by atoms with van der Waals surface area (Å²) in [6.07, 6.45) is 1.81. The Kier molecular flexibility index (Phi) is 3.14. The number of benzene rings is 3. The summed E-state index contributed by atoms with van der Waals surface area (Å²) in [5.41, 5.74) is 6.14. The molecule has 0 aliphatic heterocycles. The van der Waals surface area contributed by atoms with E-state index in [1.807, 2.05) is 30.5 Å². The second-order valence-electron chi connectivity index (χ2n) is 6.08. The maximum Gasteiger partial charge on any atom is 0.144 e. The molecule has 0 radical (unpaired) electrons. The van der Waals surface area contributed by atoms with Crippen molar-refractivity contribution in [1.82, 2.24) is 4.98 Å². The van der Waals surface area contributed by atoms with Gasteiger partial charge in [0.2, 0.25) is 0 Å². The lowest BCUT2D eigenvalue weighted by molar-refractivity contribution is 0.670. The standard InChI is InChI=1S/C23H15NO/c1-2-7-16(8-3-1)17-12-13-22-20(15-17)18-9-6-10-19(23(18)25-22)21-11-4-5-14-24-21/h1-15H. The van der Waals surface area contributed by atoms with Crippen molar-refractivity contribution < 1.29 is 4.42 Å². The summed E-state index contributed by atoms with van der Waals surface area (Å²) in [7, 11) is 0. The van der Waals surface area contributed by atoms with Crippen LogP contribution in [-0.4, -0.2) is 4.98 Å². The van der Waals surface area contributed by atoms with Gasteiger partial charge < -0.3 is 4.42 Å². The molecule has 0 amide bonds. The van der Waals surface area contributed by atoms with Crippen molar-refractivity contribution in [2.75, 3.05) is 0 Å². The van der Waals surface area contributed by atoms with Crippen LogP contribution in [0.2, 0.25) is 0 Å². The van der Waals surface area contributed by atoms with Crippen LogP contribution < -0.4 is 0 Å². The predicted octanol–water partition coefficient (Wildman–Crippen LogP) is 6.32. The molecule has 0 saturated heterocycles. The minimum absolute atomic E-state index is 0.890. The Bertz CT molecular complexity index is 1170. The molecule has 2 heteroatoms. The van der Waals surface area contributed by atoms with Crippen molar-refractivity contribution in [3.05, 3.63) is 91.1 Å². The van der Waals surface area contributed by atoms with Crippen LogP contribution in [0, 0.1) is 0 Å². The number of hydrogen-bond donors (Lipinski definition) is 0. The molecule has 3 aromatic carbocycles. The summed E-state index contributed by atoms with van der Waals surface area (Å²) in [6.45, 7) is 0. The van der Waals surface area contributed by atoms with Crippen molar-refractivity contribution in [3.63, 3.8) is 0 Å². The Morgan fingerprint density at radius 2 is 1.52 bits per heavy atom. The first-order chi connectivity index (χ1) is 12.4. The molecule has 5 rings (SSSR count). The Hall–Kier alpha value is -3.39. The van der Waals surface area contributed by atoms with Gasteiger partial charge in [-0.3, -0.25) is 4.98 Å². The first-order valence-electron chi connectivity index (χ1n) is 8.32. The number of nitrogens with zero attached hydrogens (tertiary/aromatic N) is 1. The van der Waals surface area contributed by atoms with Gasteiger partial charge in [-0.2, -0.15) is 0 Å². The minimum atomic E-state index is 0.890. The van der Waals surface area contributed by atoms with Gasteiger partial charge in [0.15, 0.2) is 0 Å². The zero-order valence-corrected chi connectivity index (χ0v) is 13.5. The van der Waals surface area contributed by atoms with E-state index in [4.69, 9.17) is 4.42 Å². The third kappa shape index (κ3) is 2.31. The zero-order valence-electron chi connectivity index (χ0n) is 13.5. The number of para-hydroxylation sites is 1. The van der Waals surface area contributed by atoms with Crippen LogP contribution in [0.5, 0.6) is 0 Å². The molecule has 2 nitrogen and oxygen atoms in total. The van der Waals surface area contributed by atoms with E-state index in [0.717, 1.165) is 33.2 Å². The SMILES string of the molecule is c1ccc(-c2ccc3oc4c(-c5ccccn5)cccc4c3c2)cc1. The maximum atomic E-state index is 6.19. The summed E-state index contributed by atoms with van der Waals surface area (Å²) < 4.78 is 6.19. The van der Waals surface area contributed by atoms with Crippen LogP contribution in [0.25, 0.3) is 44.3 Å². The molecule has 0 bridgehead atoms. The van der Waals surface area contributed by atoms with E-state index >= 15 is 0 Å². The van der Waals surface area contributed by atoms with Crippen LogP contribution in [0.15, 0.2) is 95.5 Å². The monoisotopic (exact) mass is 321 g/mol. The number of aromatic nitrogens is 1. The maximum absolute atomic E-state index is 6.19. The highest BCUT2D eigenvalue weighted by atomic mass is 16.3. The van der Waals surface area contributed by atoms with E-state index in [1.165, 1.54) is 11.1 Å². The third-order valence-electron chi connectivity index (χ3n) is 4.54. The lowest BCUT2D eigenvalue weighted by Crippen LogP contribution is -1.82. The highest BCUT2D eigenvalue weighted by Gasteiger charge is 2.13. The average Bonchev–Trinajstić information content (AvgIpc) is 3.07. The molecule has 0 unspecified atom stereocenters. The first kappa shape index (κ1) is 14.0. The molecule has 2 aromatic heterocycles. The predicted molar refractivity (Wildman–Crippen MR) is 102 cm³/mol. The Morgan fingerprint density at radius 1 is 0.640 bits per heavy atom. The van der Waals surface area contributed by atoms with Gasteiger partial charge in [-0.05, 0) is 41.5 Å². The molecular weight excluding hydrogens is 306 g/mol. The van der Waals surface area contributed by atoms with E-state index in [0.29, 0.717) is 0 Å². The fourth-order valence-electron chi connectivity index (χ4n) is 3.33. The lowest BCUT2D eigenvalue weighted by Gasteiger charge is -2.01. The number of pyridine rings is 1. The normalized spacial score (nSPS) is 11.2. The summed E-state index contributed by atoms with van der Waals surface area (Å²) in [6, 6.07) is 29.0. The van der Waals surface area contributed by atoms with Gasteiger partial charge in [0, 0.05) is 22.5 Å². The molecule has 25 heavy (non-hydrogen) atoms. The highest BCUT2D eigenvalue weighted by Crippen LogP contribution is 2.36. The van der Waals surface area contributed by atoms with Crippen molar-refractivity contribution in [2.24, 2.45) is 0 Å². The largest absolute Gasteiger partial charge is 0.455 e. The molecule has 0 N–H and O–H groups in total. The summed E-state index contributed by atoms with van der Waals surface area (Å²) in [5, 5.41) is 2.25. The van der Waals surface area contributed by atoms with Crippen molar-refractivity contribution in [3.8, 4) is 22.4 Å². The van der Waals surface area contributed by atoms with E-state index < -0.39 is 0 Å². The Morgan fingerprint density at radius 3 is 2.36 bits per heavy atom. The van der Waals surface area contributed by atoms with Crippen LogP contribution in [0.3, 0.4) is 0 Å². The Labute approximate surface area is 145 Å². The van der Waals surface area contributed by atoms with Gasteiger partial charge in [-0.1, -0.05) is 54.6 Å². The molecule has 0 saturated carbocycles. The van der Waals surface area contributed by atoms with E-state index in [2.05, 4.69) is 65.6 Å². The zero-order chi connectivity index (χ0) is 16.6. The molecule has 0 aliphatic rings. The van der Waals surface area contributed by atoms with Gasteiger partial charge in [0.1, 0.15) is 11.2 Å². The lowest BCUT2D eigenvalue weighted by atomic mass is 10.0. The molecule has 0 fully saturated rings. The molecular formula is C23H15NO. The molecule has 0 atom stereocenters. The molecule has 118 valence electrons. The van der Waals surface area contributed by atoms with Gasteiger partial charge in [0.25, 0.3) is 0 Å². The quantitative estimate of drug-likeness (QED) is 0.380. The molecule has 2 heterocycles. The van der Waals surface area contributed by atoms with Crippen LogP contribution in [0.4, 0.5) is 0 Å². The molecule has 5 aromatic rings. The van der Waals surface area contributed by atoms with Crippen molar-refractivity contribution >= 4 is 21.9 Å². The van der Waals surface area contributed by atoms with Gasteiger partial charge in [-0.15, -0.1) is 0 Å². The fourth-order valence-corrected chi connectivity index (χ4v) is 3.33. The summed E-state index contributed by atoms with van der Waals surface area (Å²) in [5.74, 6) is 0. The number of furan rings is 1. The van der Waals surface area contributed by atoms with Crippen LogP contribution in [-0.2, 0) is 0 Å². The van der Waals surface area contributed by atoms with Crippen LogP contribution in [0.1, 0.15) is 0 Å². The van der Waals surface area contributed by atoms with Crippen molar-refractivity contribution in [1.29, 1.82) is 0 Å². The third-order valence-corrected chi connectivity index (χ3v) is 4.54. The molecule has 0 aliphatic carbocycles. The second kappa shape index (κ2) is 5.60. The van der Waals surface area contributed by atoms with E-state index in [1.54, 1.807) is 0 Å². The summed E-state index contributed by atoms with van der Waals surface area (Å²) in [4.78, 5) is 4.47. The van der Waals surface area contributed by atoms with Gasteiger partial charge in [0.05, 0.1) is 5.69 Å². The summed E-state index contributed by atoms with van der Waals surface area (Å²) >= 11 is 0. The van der Waals surface area contributed by atoms with Gasteiger partial charge in [-0.25, -0.2) is 0 Å². The highest BCUT2D eigenvalue weighted by molar-refractivity contribution is 6.10. The van der Waals surface area contributed by atoms with Crippen LogP contribution >= 0.6 is 0 Å².